The molecule has 120 valence electrons. The fourth-order valence-electron chi connectivity index (χ4n) is 2.62. The average molecular weight is 307 g/mol. The van der Waals surface area contributed by atoms with E-state index in [0.717, 1.165) is 5.69 Å². The van der Waals surface area contributed by atoms with Crippen molar-refractivity contribution in [2.75, 3.05) is 5.32 Å². The predicted molar refractivity (Wildman–Crippen MR) is 98.2 cm³/mol. The van der Waals surface area contributed by atoms with E-state index < -0.39 is 0 Å². The Morgan fingerprint density at radius 2 is 1.43 bits per heavy atom. The largest absolute Gasteiger partial charge is 0.361 e. The Hall–Kier alpha value is -2.35. The van der Waals surface area contributed by atoms with Crippen molar-refractivity contribution in [1.29, 1.82) is 0 Å². The van der Waals surface area contributed by atoms with Gasteiger partial charge in [0.1, 0.15) is 0 Å². The lowest BCUT2D eigenvalue weighted by atomic mass is 9.93. The number of anilines is 1. The second-order valence-electron chi connectivity index (χ2n) is 6.33. The van der Waals surface area contributed by atoms with Crippen LogP contribution in [-0.2, 0) is 0 Å². The van der Waals surface area contributed by atoms with Crippen LogP contribution < -0.4 is 5.32 Å². The summed E-state index contributed by atoms with van der Waals surface area (Å²) in [6, 6.07) is 15.7. The topological polar surface area (TPSA) is 29.1 Å². The molecule has 1 N–H and O–H groups in total. The zero-order chi connectivity index (χ0) is 16.8. The summed E-state index contributed by atoms with van der Waals surface area (Å²) in [4.78, 5) is 12.1. The lowest BCUT2D eigenvalue weighted by Gasteiger charge is -2.19. The van der Waals surface area contributed by atoms with Crippen molar-refractivity contribution in [3.8, 4) is 0 Å². The van der Waals surface area contributed by atoms with Crippen LogP contribution in [-0.4, -0.2) is 5.78 Å². The van der Waals surface area contributed by atoms with Gasteiger partial charge in [0.15, 0.2) is 5.78 Å². The standard InChI is InChI=1S/C21H25NO/c1-15(2)18-11-8-12-19(16(3)4)21(18)22-14-13-20(23)17-9-6-5-7-10-17/h5-16,22H,1-4H3/b14-13+. The van der Waals surface area contributed by atoms with Crippen LogP contribution in [0.4, 0.5) is 5.69 Å². The Morgan fingerprint density at radius 3 is 1.96 bits per heavy atom. The molecule has 2 heteroatoms. The smallest absolute Gasteiger partial charge is 0.187 e. The van der Waals surface area contributed by atoms with Crippen molar-refractivity contribution in [2.45, 2.75) is 39.5 Å². The monoisotopic (exact) mass is 307 g/mol. The third-order valence-electron chi connectivity index (χ3n) is 3.89. The molecule has 2 aromatic rings. The molecular formula is C21H25NO. The van der Waals surface area contributed by atoms with Gasteiger partial charge in [0.25, 0.3) is 0 Å². The van der Waals surface area contributed by atoms with E-state index in [4.69, 9.17) is 0 Å². The van der Waals surface area contributed by atoms with Gasteiger partial charge in [-0.1, -0.05) is 76.2 Å². The van der Waals surface area contributed by atoms with Crippen molar-refractivity contribution < 1.29 is 4.79 Å². The van der Waals surface area contributed by atoms with Crippen molar-refractivity contribution in [3.63, 3.8) is 0 Å². The third-order valence-corrected chi connectivity index (χ3v) is 3.89. The zero-order valence-corrected chi connectivity index (χ0v) is 14.3. The molecular weight excluding hydrogens is 282 g/mol. The number of benzene rings is 2. The lowest BCUT2D eigenvalue weighted by molar-refractivity contribution is 0.104. The van der Waals surface area contributed by atoms with Gasteiger partial charge < -0.3 is 5.32 Å². The van der Waals surface area contributed by atoms with Crippen molar-refractivity contribution in [2.24, 2.45) is 0 Å². The summed E-state index contributed by atoms with van der Waals surface area (Å²) in [5.41, 5.74) is 4.36. The Balaban J connectivity index is 2.22. The van der Waals surface area contributed by atoms with Gasteiger partial charge in [0.2, 0.25) is 0 Å². The highest BCUT2D eigenvalue weighted by Crippen LogP contribution is 2.32. The highest BCUT2D eigenvalue weighted by Gasteiger charge is 2.12. The second kappa shape index (κ2) is 7.77. The van der Waals surface area contributed by atoms with Crippen LogP contribution in [0.5, 0.6) is 0 Å². The number of ketones is 1. The lowest BCUT2D eigenvalue weighted by Crippen LogP contribution is -2.03. The molecule has 2 aromatic carbocycles. The molecule has 0 bridgehead atoms. The Labute approximate surface area is 139 Å². The predicted octanol–water partition coefficient (Wildman–Crippen LogP) is 5.74. The van der Waals surface area contributed by atoms with Crippen LogP contribution in [0.3, 0.4) is 0 Å². The van der Waals surface area contributed by atoms with Gasteiger partial charge in [-0.05, 0) is 23.0 Å². The van der Waals surface area contributed by atoms with E-state index in [1.807, 2.05) is 30.3 Å². The fraction of sp³-hybridized carbons (Fsp3) is 0.286. The summed E-state index contributed by atoms with van der Waals surface area (Å²) in [6.45, 7) is 8.74. The van der Waals surface area contributed by atoms with Crippen molar-refractivity contribution in [1.82, 2.24) is 0 Å². The quantitative estimate of drug-likeness (QED) is 0.544. The molecule has 0 fully saturated rings. The molecule has 2 rings (SSSR count). The first-order chi connectivity index (χ1) is 11.0. The van der Waals surface area contributed by atoms with Crippen LogP contribution in [0.1, 0.15) is 61.0 Å². The molecule has 0 saturated carbocycles. The maximum absolute atomic E-state index is 12.1. The molecule has 23 heavy (non-hydrogen) atoms. The van der Waals surface area contributed by atoms with E-state index in [1.165, 1.54) is 11.1 Å². The van der Waals surface area contributed by atoms with Crippen molar-refractivity contribution in [3.05, 3.63) is 77.5 Å². The van der Waals surface area contributed by atoms with Gasteiger partial charge in [-0.3, -0.25) is 4.79 Å². The molecule has 0 spiro atoms. The van der Waals surface area contributed by atoms with E-state index in [1.54, 1.807) is 12.3 Å². The molecule has 2 nitrogen and oxygen atoms in total. The van der Waals surface area contributed by atoms with Gasteiger partial charge in [-0.15, -0.1) is 0 Å². The summed E-state index contributed by atoms with van der Waals surface area (Å²) in [7, 11) is 0. The fourth-order valence-corrected chi connectivity index (χ4v) is 2.62. The van der Waals surface area contributed by atoms with E-state index >= 15 is 0 Å². The number of allylic oxidation sites excluding steroid dienone is 1. The Morgan fingerprint density at radius 1 is 0.870 bits per heavy atom. The van der Waals surface area contributed by atoms with Gasteiger partial charge in [-0.2, -0.15) is 0 Å². The minimum Gasteiger partial charge on any atom is -0.361 e. The number of rotatable bonds is 6. The molecule has 0 aliphatic heterocycles. The van der Waals surface area contributed by atoms with Gasteiger partial charge in [0.05, 0.1) is 0 Å². The molecule has 0 atom stereocenters. The number of hydrogen-bond acceptors (Lipinski definition) is 2. The van der Waals surface area contributed by atoms with Crippen LogP contribution >= 0.6 is 0 Å². The Bertz CT molecular complexity index is 658. The summed E-state index contributed by atoms with van der Waals surface area (Å²) in [6.07, 6.45) is 3.35. The van der Waals surface area contributed by atoms with Crippen LogP contribution in [0.2, 0.25) is 0 Å². The maximum Gasteiger partial charge on any atom is 0.187 e. The highest BCUT2D eigenvalue weighted by atomic mass is 16.1. The molecule has 0 unspecified atom stereocenters. The first-order valence-electron chi connectivity index (χ1n) is 8.16. The van der Waals surface area contributed by atoms with Gasteiger partial charge in [0, 0.05) is 23.5 Å². The molecule has 0 heterocycles. The number of carbonyl (C=O) groups is 1. The van der Waals surface area contributed by atoms with Crippen LogP contribution in [0.15, 0.2) is 60.8 Å². The minimum absolute atomic E-state index is 0.00576. The SMILES string of the molecule is CC(C)c1cccc(C(C)C)c1N/C=C/C(=O)c1ccccc1. The maximum atomic E-state index is 12.1. The molecule has 0 aromatic heterocycles. The van der Waals surface area contributed by atoms with Gasteiger partial charge in [-0.25, -0.2) is 0 Å². The summed E-state index contributed by atoms with van der Waals surface area (Å²) in [5.74, 6) is 0.857. The zero-order valence-electron chi connectivity index (χ0n) is 14.3. The summed E-state index contributed by atoms with van der Waals surface area (Å²) in [5, 5.41) is 3.34. The number of nitrogens with one attached hydrogen (secondary N) is 1. The molecule has 0 saturated heterocycles. The number of hydrogen-bond donors (Lipinski definition) is 1. The van der Waals surface area contributed by atoms with E-state index in [0.29, 0.717) is 17.4 Å². The highest BCUT2D eigenvalue weighted by molar-refractivity contribution is 6.04. The van der Waals surface area contributed by atoms with Gasteiger partial charge >= 0.3 is 0 Å². The van der Waals surface area contributed by atoms with Crippen LogP contribution in [0, 0.1) is 0 Å². The molecule has 0 radical (unpaired) electrons. The molecule has 0 aliphatic carbocycles. The minimum atomic E-state index is 0.00576. The molecule has 0 amide bonds. The molecule has 0 aliphatic rings. The number of para-hydroxylation sites is 1. The third kappa shape index (κ3) is 4.32. The first kappa shape index (κ1) is 17.0. The first-order valence-corrected chi connectivity index (χ1v) is 8.16. The average Bonchev–Trinajstić information content (AvgIpc) is 2.55. The Kier molecular flexibility index (Phi) is 5.75. The summed E-state index contributed by atoms with van der Waals surface area (Å²) < 4.78 is 0. The summed E-state index contributed by atoms with van der Waals surface area (Å²) >= 11 is 0. The van der Waals surface area contributed by atoms with Crippen molar-refractivity contribution >= 4 is 11.5 Å². The van der Waals surface area contributed by atoms with E-state index in [-0.39, 0.29) is 5.78 Å². The van der Waals surface area contributed by atoms with E-state index in [2.05, 4.69) is 51.2 Å². The normalized spacial score (nSPS) is 11.4. The number of carbonyl (C=O) groups excluding carboxylic acids is 1. The van der Waals surface area contributed by atoms with E-state index in [9.17, 15) is 4.79 Å². The van der Waals surface area contributed by atoms with Crippen LogP contribution in [0.25, 0.3) is 0 Å². The second-order valence-corrected chi connectivity index (χ2v) is 6.33.